The van der Waals surface area contributed by atoms with Crippen molar-refractivity contribution in [1.82, 2.24) is 0 Å². The molecule has 0 atom stereocenters. The first kappa shape index (κ1) is 8.89. The smallest absolute Gasteiger partial charge is 0.144 e. The van der Waals surface area contributed by atoms with Crippen LogP contribution in [0.3, 0.4) is 0 Å². The minimum absolute atomic E-state index is 0.774. The quantitative estimate of drug-likeness (QED) is 0.758. The summed E-state index contributed by atoms with van der Waals surface area (Å²) in [6, 6.07) is 6.47. The average molecular weight is 204 g/mol. The monoisotopic (exact) mass is 204 g/mol. The Morgan fingerprint density at radius 3 is 2.93 bits per heavy atom. The maximum Gasteiger partial charge on any atom is 0.144 e. The van der Waals surface area contributed by atoms with Crippen LogP contribution in [-0.2, 0) is 0 Å². The Balaban J connectivity index is 1.89. The fourth-order valence-corrected chi connectivity index (χ4v) is 2.30. The topological polar surface area (TPSA) is 24.5 Å². The van der Waals surface area contributed by atoms with E-state index >= 15 is 0 Å². The molecule has 2 aliphatic rings. The van der Waals surface area contributed by atoms with Crippen molar-refractivity contribution in [2.45, 2.75) is 12.8 Å². The SMILES string of the molecule is c1cc2c(cc1N1CCCC1)OCCN2. The maximum absolute atomic E-state index is 5.63. The lowest BCUT2D eigenvalue weighted by atomic mass is 10.2. The Kier molecular flexibility index (Phi) is 2.16. The van der Waals surface area contributed by atoms with Crippen LogP contribution in [-0.4, -0.2) is 26.2 Å². The molecule has 0 aliphatic carbocycles. The zero-order chi connectivity index (χ0) is 10.1. The second-order valence-electron chi connectivity index (χ2n) is 4.15. The molecule has 0 amide bonds. The lowest BCUT2D eigenvalue weighted by Crippen LogP contribution is -2.20. The van der Waals surface area contributed by atoms with Gasteiger partial charge in [0.1, 0.15) is 12.4 Å². The lowest BCUT2D eigenvalue weighted by Gasteiger charge is -2.23. The molecule has 3 rings (SSSR count). The van der Waals surface area contributed by atoms with Crippen LogP contribution in [0, 0.1) is 0 Å². The summed E-state index contributed by atoms with van der Waals surface area (Å²) in [4.78, 5) is 2.43. The van der Waals surface area contributed by atoms with Crippen molar-refractivity contribution in [2.24, 2.45) is 0 Å². The van der Waals surface area contributed by atoms with Crippen LogP contribution in [0.2, 0.25) is 0 Å². The molecule has 0 unspecified atom stereocenters. The summed E-state index contributed by atoms with van der Waals surface area (Å²) < 4.78 is 5.63. The zero-order valence-corrected chi connectivity index (χ0v) is 8.83. The van der Waals surface area contributed by atoms with E-state index in [4.69, 9.17) is 4.74 Å². The van der Waals surface area contributed by atoms with Crippen molar-refractivity contribution in [3.63, 3.8) is 0 Å². The third kappa shape index (κ3) is 1.62. The Hall–Kier alpha value is -1.38. The summed E-state index contributed by atoms with van der Waals surface area (Å²) in [5.41, 5.74) is 2.43. The van der Waals surface area contributed by atoms with Gasteiger partial charge in [0.15, 0.2) is 0 Å². The lowest BCUT2D eigenvalue weighted by molar-refractivity contribution is 0.323. The third-order valence-electron chi connectivity index (χ3n) is 3.11. The molecule has 80 valence electrons. The molecule has 2 aliphatic heterocycles. The molecular formula is C12H16N2O. The summed E-state index contributed by atoms with van der Waals surface area (Å²) in [5, 5.41) is 3.34. The molecule has 0 aromatic heterocycles. The minimum atomic E-state index is 0.774. The van der Waals surface area contributed by atoms with E-state index in [1.54, 1.807) is 0 Å². The molecule has 0 spiro atoms. The van der Waals surface area contributed by atoms with E-state index in [0.29, 0.717) is 0 Å². The highest BCUT2D eigenvalue weighted by Gasteiger charge is 2.15. The van der Waals surface area contributed by atoms with Crippen molar-refractivity contribution in [1.29, 1.82) is 0 Å². The van der Waals surface area contributed by atoms with Crippen LogP contribution in [0.4, 0.5) is 11.4 Å². The molecule has 1 N–H and O–H groups in total. The van der Waals surface area contributed by atoms with E-state index in [2.05, 4.69) is 28.4 Å². The van der Waals surface area contributed by atoms with Crippen molar-refractivity contribution in [3.05, 3.63) is 18.2 Å². The van der Waals surface area contributed by atoms with E-state index < -0.39 is 0 Å². The van der Waals surface area contributed by atoms with E-state index in [1.165, 1.54) is 31.6 Å². The zero-order valence-electron chi connectivity index (χ0n) is 8.83. The maximum atomic E-state index is 5.63. The number of rotatable bonds is 1. The minimum Gasteiger partial charge on any atom is -0.490 e. The van der Waals surface area contributed by atoms with Crippen molar-refractivity contribution >= 4 is 11.4 Å². The fourth-order valence-electron chi connectivity index (χ4n) is 2.30. The molecule has 1 aromatic carbocycles. The number of anilines is 2. The normalized spacial score (nSPS) is 19.3. The molecular weight excluding hydrogens is 188 g/mol. The number of hydrogen-bond donors (Lipinski definition) is 1. The number of fused-ring (bicyclic) bond motifs is 1. The second kappa shape index (κ2) is 3.65. The summed E-state index contributed by atoms with van der Waals surface area (Å²) in [6.45, 7) is 4.06. The fraction of sp³-hybridized carbons (Fsp3) is 0.500. The van der Waals surface area contributed by atoms with E-state index in [9.17, 15) is 0 Å². The van der Waals surface area contributed by atoms with Gasteiger partial charge in [-0.25, -0.2) is 0 Å². The molecule has 1 aromatic rings. The van der Waals surface area contributed by atoms with Gasteiger partial charge in [-0.1, -0.05) is 0 Å². The van der Waals surface area contributed by atoms with Crippen LogP contribution < -0.4 is 15.0 Å². The number of nitrogens with zero attached hydrogens (tertiary/aromatic N) is 1. The molecule has 1 fully saturated rings. The highest BCUT2D eigenvalue weighted by Crippen LogP contribution is 2.32. The van der Waals surface area contributed by atoms with Gasteiger partial charge in [0, 0.05) is 31.4 Å². The molecule has 3 heteroatoms. The first-order chi connectivity index (χ1) is 7.43. The Bertz CT molecular complexity index is 359. The molecule has 15 heavy (non-hydrogen) atoms. The summed E-state index contributed by atoms with van der Waals surface area (Å²) in [7, 11) is 0. The van der Waals surface area contributed by atoms with Crippen LogP contribution in [0.25, 0.3) is 0 Å². The molecule has 0 radical (unpaired) electrons. The van der Waals surface area contributed by atoms with Gasteiger partial charge in [-0.15, -0.1) is 0 Å². The van der Waals surface area contributed by atoms with Gasteiger partial charge in [-0.3, -0.25) is 0 Å². The Morgan fingerprint density at radius 1 is 1.20 bits per heavy atom. The second-order valence-corrected chi connectivity index (χ2v) is 4.15. The van der Waals surface area contributed by atoms with Gasteiger partial charge in [0.05, 0.1) is 5.69 Å². The Labute approximate surface area is 90.0 Å². The van der Waals surface area contributed by atoms with Crippen molar-refractivity contribution < 1.29 is 4.74 Å². The van der Waals surface area contributed by atoms with Gasteiger partial charge >= 0.3 is 0 Å². The standard InChI is InChI=1S/C12H16N2O/c1-2-7-14(6-1)10-3-4-11-12(9-10)15-8-5-13-11/h3-4,9,13H,1-2,5-8H2. The number of benzene rings is 1. The Morgan fingerprint density at radius 2 is 2.07 bits per heavy atom. The van der Waals surface area contributed by atoms with E-state index in [-0.39, 0.29) is 0 Å². The summed E-state index contributed by atoms with van der Waals surface area (Å²) in [5.74, 6) is 1.01. The van der Waals surface area contributed by atoms with Crippen LogP contribution >= 0.6 is 0 Å². The van der Waals surface area contributed by atoms with Crippen LogP contribution in [0.1, 0.15) is 12.8 Å². The molecule has 0 saturated carbocycles. The summed E-state index contributed by atoms with van der Waals surface area (Å²) in [6.07, 6.45) is 2.63. The van der Waals surface area contributed by atoms with Crippen molar-refractivity contribution in [3.8, 4) is 5.75 Å². The highest BCUT2D eigenvalue weighted by atomic mass is 16.5. The van der Waals surface area contributed by atoms with Crippen LogP contribution in [0.15, 0.2) is 18.2 Å². The molecule has 0 bridgehead atoms. The molecule has 1 saturated heterocycles. The first-order valence-electron chi connectivity index (χ1n) is 5.69. The highest BCUT2D eigenvalue weighted by molar-refractivity contribution is 5.65. The van der Waals surface area contributed by atoms with Gasteiger partial charge < -0.3 is 15.0 Å². The first-order valence-corrected chi connectivity index (χ1v) is 5.69. The third-order valence-corrected chi connectivity index (χ3v) is 3.11. The van der Waals surface area contributed by atoms with E-state index in [1.807, 2.05) is 0 Å². The van der Waals surface area contributed by atoms with Gasteiger partial charge in [-0.05, 0) is 25.0 Å². The van der Waals surface area contributed by atoms with Crippen LogP contribution in [0.5, 0.6) is 5.75 Å². The predicted molar refractivity (Wildman–Crippen MR) is 61.9 cm³/mol. The average Bonchev–Trinajstić information content (AvgIpc) is 2.82. The van der Waals surface area contributed by atoms with Crippen molar-refractivity contribution in [2.75, 3.05) is 36.5 Å². The van der Waals surface area contributed by atoms with E-state index in [0.717, 1.165) is 24.6 Å². The van der Waals surface area contributed by atoms with Gasteiger partial charge in [-0.2, -0.15) is 0 Å². The summed E-state index contributed by atoms with van der Waals surface area (Å²) >= 11 is 0. The number of ether oxygens (including phenoxy) is 1. The molecule has 2 heterocycles. The van der Waals surface area contributed by atoms with Gasteiger partial charge in [0.25, 0.3) is 0 Å². The predicted octanol–water partition coefficient (Wildman–Crippen LogP) is 2.09. The number of hydrogen-bond acceptors (Lipinski definition) is 3. The van der Waals surface area contributed by atoms with Gasteiger partial charge in [0.2, 0.25) is 0 Å². The largest absolute Gasteiger partial charge is 0.490 e. The number of nitrogens with one attached hydrogen (secondary N) is 1. The molecule has 3 nitrogen and oxygen atoms in total.